The van der Waals surface area contributed by atoms with Crippen molar-refractivity contribution in [3.63, 3.8) is 0 Å². The van der Waals surface area contributed by atoms with Gasteiger partial charge in [0.15, 0.2) is 11.6 Å². The van der Waals surface area contributed by atoms with E-state index in [4.69, 9.17) is 16.3 Å². The Kier molecular flexibility index (Phi) is 8.19. The van der Waals surface area contributed by atoms with Gasteiger partial charge in [0.25, 0.3) is 0 Å². The number of benzene rings is 3. The number of nitrogens with one attached hydrogen (secondary N) is 3. The molecule has 0 saturated carbocycles. The molecule has 0 spiro atoms. The summed E-state index contributed by atoms with van der Waals surface area (Å²) in [6, 6.07) is 18.1. The van der Waals surface area contributed by atoms with Gasteiger partial charge in [-0.05, 0) is 56.4 Å². The lowest BCUT2D eigenvalue weighted by atomic mass is 10.2. The van der Waals surface area contributed by atoms with E-state index in [0.717, 1.165) is 4.31 Å². The summed E-state index contributed by atoms with van der Waals surface area (Å²) in [6.07, 6.45) is 0. The number of methoxy groups -OCH3 is 1. The van der Waals surface area contributed by atoms with Crippen LogP contribution in [-0.4, -0.2) is 44.8 Å². The molecule has 192 valence electrons. The first kappa shape index (κ1) is 26.3. The molecule has 37 heavy (non-hydrogen) atoms. The number of aromatic nitrogens is 2. The number of hydrogen-bond acceptors (Lipinski definition) is 8. The van der Waals surface area contributed by atoms with Crippen LogP contribution in [0.1, 0.15) is 6.92 Å². The second-order valence-electron chi connectivity index (χ2n) is 7.92. The third-order valence-corrected chi connectivity index (χ3v) is 6.51. The molecule has 1 amide bonds. The van der Waals surface area contributed by atoms with Gasteiger partial charge in [-0.25, -0.2) is 9.97 Å². The number of ether oxygens (including phenoxy) is 1. The van der Waals surface area contributed by atoms with E-state index in [9.17, 15) is 13.6 Å². The van der Waals surface area contributed by atoms with Crippen molar-refractivity contribution < 1.29 is 18.3 Å². The molecule has 0 aliphatic rings. The van der Waals surface area contributed by atoms with Crippen LogP contribution in [0.3, 0.4) is 0 Å². The zero-order valence-corrected chi connectivity index (χ0v) is 21.8. The van der Waals surface area contributed by atoms with E-state index in [2.05, 4.69) is 25.9 Å². The Hall–Kier alpha value is -3.77. The molecule has 3 N–H and O–H groups in total. The third kappa shape index (κ3) is 5.97. The zero-order valence-electron chi connectivity index (χ0n) is 20.2. The number of rotatable bonds is 9. The monoisotopic (exact) mass is 539 g/mol. The van der Waals surface area contributed by atoms with Crippen LogP contribution in [0.15, 0.2) is 66.7 Å². The van der Waals surface area contributed by atoms with Gasteiger partial charge in [-0.2, -0.15) is 0 Å². The molecule has 0 fully saturated rings. The molecule has 0 aliphatic heterocycles. The molecule has 2 atom stereocenters. The SMILES string of the molecule is CN[C@H](C)C(=O)Nc1cccc(N(c2nc3ccccc3nc2Nc2cc(OC)ccc2Cl)S(=O)[O-])c1. The van der Waals surface area contributed by atoms with Gasteiger partial charge in [0.05, 0.1) is 51.8 Å². The number of fused-ring (bicyclic) bond motifs is 1. The largest absolute Gasteiger partial charge is 0.755 e. The van der Waals surface area contributed by atoms with Crippen molar-refractivity contribution in [3.8, 4) is 5.75 Å². The number of para-hydroxylation sites is 2. The van der Waals surface area contributed by atoms with E-state index in [1.165, 1.54) is 13.2 Å². The predicted molar refractivity (Wildman–Crippen MR) is 145 cm³/mol. The van der Waals surface area contributed by atoms with Crippen LogP contribution in [0.4, 0.5) is 28.7 Å². The number of hydrogen-bond donors (Lipinski definition) is 3. The highest BCUT2D eigenvalue weighted by Gasteiger charge is 2.21. The average Bonchev–Trinajstić information content (AvgIpc) is 2.89. The number of halogens is 1. The van der Waals surface area contributed by atoms with E-state index >= 15 is 0 Å². The van der Waals surface area contributed by atoms with Crippen LogP contribution >= 0.6 is 11.6 Å². The maximum Gasteiger partial charge on any atom is 0.241 e. The van der Waals surface area contributed by atoms with E-state index in [-0.39, 0.29) is 23.2 Å². The quantitative estimate of drug-likeness (QED) is 0.265. The lowest BCUT2D eigenvalue weighted by Crippen LogP contribution is -2.35. The molecule has 10 nitrogen and oxygen atoms in total. The number of anilines is 5. The molecule has 3 aromatic carbocycles. The third-order valence-electron chi connectivity index (χ3n) is 5.49. The average molecular weight is 540 g/mol. The fourth-order valence-corrected chi connectivity index (χ4v) is 4.16. The lowest BCUT2D eigenvalue weighted by molar-refractivity contribution is -0.117. The smallest absolute Gasteiger partial charge is 0.241 e. The Labute approximate surface area is 221 Å². The van der Waals surface area contributed by atoms with Crippen molar-refractivity contribution in [1.82, 2.24) is 15.3 Å². The molecule has 0 saturated heterocycles. The molecule has 0 radical (unpaired) electrons. The van der Waals surface area contributed by atoms with Crippen molar-refractivity contribution in [2.45, 2.75) is 13.0 Å². The van der Waals surface area contributed by atoms with Crippen LogP contribution in [0.2, 0.25) is 5.02 Å². The van der Waals surface area contributed by atoms with Crippen LogP contribution in [0, 0.1) is 0 Å². The summed E-state index contributed by atoms with van der Waals surface area (Å²) in [5.41, 5.74) is 2.14. The molecule has 1 unspecified atom stereocenters. The van der Waals surface area contributed by atoms with Crippen LogP contribution < -0.4 is 25.0 Å². The Morgan fingerprint density at radius 2 is 1.81 bits per heavy atom. The molecule has 12 heteroatoms. The van der Waals surface area contributed by atoms with Crippen LogP contribution in [-0.2, 0) is 16.1 Å². The number of carbonyl (C=O) groups excluding carboxylic acids is 1. The van der Waals surface area contributed by atoms with Gasteiger partial charge in [0.1, 0.15) is 5.75 Å². The Balaban J connectivity index is 1.83. The molecule has 4 aromatic rings. The van der Waals surface area contributed by atoms with Gasteiger partial charge in [-0.1, -0.05) is 29.8 Å². The number of carbonyl (C=O) groups is 1. The van der Waals surface area contributed by atoms with Crippen molar-refractivity contribution in [1.29, 1.82) is 0 Å². The topological polar surface area (TPSA) is 132 Å². The maximum atomic E-state index is 12.6. The predicted octanol–water partition coefficient (Wildman–Crippen LogP) is 4.51. The molecule has 4 rings (SSSR count). The molecule has 1 heterocycles. The standard InChI is InChI=1S/C25H25ClN6O4S/c1-15(27-2)25(33)28-16-7-6-8-17(13-16)32(37(34)35)24-23(29-20-9-4-5-10-21(20)31-24)30-22-14-18(36-3)11-12-19(22)26/h4-15,27H,1-3H3,(H,28,33)(H,29,30)(H,34,35)/p-1/t15-/m1/s1. The van der Waals surface area contributed by atoms with Gasteiger partial charge in [-0.15, -0.1) is 0 Å². The Morgan fingerprint density at radius 1 is 1.08 bits per heavy atom. The first-order chi connectivity index (χ1) is 17.8. The van der Waals surface area contributed by atoms with Gasteiger partial charge >= 0.3 is 0 Å². The summed E-state index contributed by atoms with van der Waals surface area (Å²) < 4.78 is 31.5. The van der Waals surface area contributed by atoms with E-state index < -0.39 is 17.3 Å². The van der Waals surface area contributed by atoms with Gasteiger partial charge < -0.3 is 25.2 Å². The minimum atomic E-state index is -2.80. The van der Waals surface area contributed by atoms with Crippen molar-refractivity contribution in [3.05, 3.63) is 71.8 Å². The van der Waals surface area contributed by atoms with E-state index in [1.54, 1.807) is 74.6 Å². The summed E-state index contributed by atoms with van der Waals surface area (Å²) >= 11 is 3.59. The first-order valence-electron chi connectivity index (χ1n) is 11.2. The maximum absolute atomic E-state index is 12.6. The number of nitrogens with zero attached hydrogens (tertiary/aromatic N) is 3. The summed E-state index contributed by atoms with van der Waals surface area (Å²) in [5, 5.41) is 9.11. The second-order valence-corrected chi connectivity index (χ2v) is 9.12. The highest BCUT2D eigenvalue weighted by Crippen LogP contribution is 2.37. The summed E-state index contributed by atoms with van der Waals surface area (Å²) in [5.74, 6) is 0.440. The summed E-state index contributed by atoms with van der Waals surface area (Å²) in [7, 11) is 3.20. The number of likely N-dealkylation sites (N-methyl/N-ethyl adjacent to an activating group) is 1. The van der Waals surface area contributed by atoms with Crippen LogP contribution in [0.5, 0.6) is 5.75 Å². The summed E-state index contributed by atoms with van der Waals surface area (Å²) in [4.78, 5) is 21.6. The zero-order chi connectivity index (χ0) is 26.5. The van der Waals surface area contributed by atoms with Crippen LogP contribution in [0.25, 0.3) is 11.0 Å². The van der Waals surface area contributed by atoms with Gasteiger partial charge in [0, 0.05) is 11.8 Å². The Bertz CT molecular complexity index is 1470. The van der Waals surface area contributed by atoms with Crippen molar-refractivity contribution in [2.75, 3.05) is 29.1 Å². The highest BCUT2D eigenvalue weighted by molar-refractivity contribution is 7.81. The van der Waals surface area contributed by atoms with Crippen molar-refractivity contribution in [2.24, 2.45) is 0 Å². The highest BCUT2D eigenvalue weighted by atomic mass is 35.5. The van der Waals surface area contributed by atoms with Gasteiger partial charge in [-0.3, -0.25) is 13.3 Å². The Morgan fingerprint density at radius 3 is 2.49 bits per heavy atom. The van der Waals surface area contributed by atoms with Gasteiger partial charge in [0.2, 0.25) is 5.91 Å². The van der Waals surface area contributed by atoms with Crippen molar-refractivity contribution >= 4 is 68.5 Å². The fraction of sp³-hybridized carbons (Fsp3) is 0.160. The normalized spacial score (nSPS) is 12.6. The van der Waals surface area contributed by atoms with E-state index in [1.807, 2.05) is 0 Å². The van der Waals surface area contributed by atoms with E-state index in [0.29, 0.717) is 33.2 Å². The summed E-state index contributed by atoms with van der Waals surface area (Å²) in [6.45, 7) is 1.71. The molecule has 0 aliphatic carbocycles. The second kappa shape index (κ2) is 11.5. The minimum Gasteiger partial charge on any atom is -0.755 e. The fourth-order valence-electron chi connectivity index (χ4n) is 3.44. The molecule has 0 bridgehead atoms. The lowest BCUT2D eigenvalue weighted by Gasteiger charge is -2.28. The number of amides is 1. The minimum absolute atomic E-state index is 0.0120. The molecule has 1 aromatic heterocycles. The molecular weight excluding hydrogens is 516 g/mol. The molecular formula is C25H24ClN6O4S-. The first-order valence-corrected chi connectivity index (χ1v) is 12.6.